The lowest BCUT2D eigenvalue weighted by Crippen LogP contribution is -2.24. The summed E-state index contributed by atoms with van der Waals surface area (Å²) in [6.45, 7) is 4.10. The molecule has 1 heterocycles. The molecule has 2 N–H and O–H groups in total. The number of amides is 2. The molecule has 1 aromatic heterocycles. The summed E-state index contributed by atoms with van der Waals surface area (Å²) >= 11 is 1.28. The topological polar surface area (TPSA) is 98.1 Å². The van der Waals surface area contributed by atoms with Gasteiger partial charge in [0.25, 0.3) is 5.91 Å². The van der Waals surface area contributed by atoms with Crippen LogP contribution in [0.15, 0.2) is 47.6 Å². The second-order valence-electron chi connectivity index (χ2n) is 7.03. The highest BCUT2D eigenvalue weighted by molar-refractivity contribution is 7.99. The number of aryl methyl sites for hydroxylation is 2. The zero-order chi connectivity index (χ0) is 22.4. The van der Waals surface area contributed by atoms with Crippen LogP contribution in [-0.4, -0.2) is 39.4 Å². The van der Waals surface area contributed by atoms with Crippen LogP contribution in [0.25, 0.3) is 0 Å². The number of benzene rings is 2. The van der Waals surface area contributed by atoms with Gasteiger partial charge in [0, 0.05) is 24.4 Å². The zero-order valence-corrected chi connectivity index (χ0v) is 18.7. The van der Waals surface area contributed by atoms with E-state index in [1.807, 2.05) is 44.2 Å². The highest BCUT2D eigenvalue weighted by atomic mass is 32.2. The van der Waals surface area contributed by atoms with Crippen LogP contribution in [0.2, 0.25) is 0 Å². The van der Waals surface area contributed by atoms with E-state index in [0.717, 1.165) is 11.1 Å². The number of methoxy groups -OCH3 is 1. The van der Waals surface area contributed by atoms with Crippen LogP contribution in [0.3, 0.4) is 0 Å². The standard InChI is InChI=1S/C22H25N5O3S/c1-14-6-5-7-16(10-14)21(29)23-12-19-25-26-22(27(19)3)31-13-20(28)24-18-11-17(30-4)9-8-15(18)2/h5-11H,12-13H2,1-4H3,(H,23,29)(H,24,28). The molecule has 9 heteroatoms. The SMILES string of the molecule is COc1ccc(C)c(NC(=O)CSc2nnc(CNC(=O)c3cccc(C)c3)n2C)c1. The van der Waals surface area contributed by atoms with Gasteiger partial charge in [-0.1, -0.05) is 35.5 Å². The number of nitrogens with zero attached hydrogens (tertiary/aromatic N) is 3. The first kappa shape index (κ1) is 22.4. The molecule has 0 saturated carbocycles. The third kappa shape index (κ3) is 5.85. The third-order valence-electron chi connectivity index (χ3n) is 4.66. The normalized spacial score (nSPS) is 10.6. The molecule has 3 rings (SSSR count). The molecular weight excluding hydrogens is 414 g/mol. The molecule has 31 heavy (non-hydrogen) atoms. The number of rotatable bonds is 8. The second kappa shape index (κ2) is 10.1. The van der Waals surface area contributed by atoms with Crippen LogP contribution in [0.5, 0.6) is 5.75 Å². The highest BCUT2D eigenvalue weighted by Crippen LogP contribution is 2.22. The van der Waals surface area contributed by atoms with Crippen LogP contribution in [0, 0.1) is 13.8 Å². The van der Waals surface area contributed by atoms with E-state index in [1.54, 1.807) is 30.9 Å². The molecule has 162 valence electrons. The summed E-state index contributed by atoms with van der Waals surface area (Å²) in [7, 11) is 3.39. The smallest absolute Gasteiger partial charge is 0.251 e. The molecular formula is C22H25N5O3S. The molecule has 2 amide bonds. The Morgan fingerprint density at radius 1 is 1.13 bits per heavy atom. The number of ether oxygens (including phenoxy) is 1. The van der Waals surface area contributed by atoms with Crippen molar-refractivity contribution in [2.24, 2.45) is 7.05 Å². The monoisotopic (exact) mass is 439 g/mol. The fourth-order valence-electron chi connectivity index (χ4n) is 2.85. The van der Waals surface area contributed by atoms with Crippen molar-refractivity contribution in [3.8, 4) is 5.75 Å². The minimum Gasteiger partial charge on any atom is -0.497 e. The molecule has 0 spiro atoms. The Morgan fingerprint density at radius 2 is 1.94 bits per heavy atom. The molecule has 0 aliphatic carbocycles. The predicted octanol–water partition coefficient (Wildman–Crippen LogP) is 3.10. The van der Waals surface area contributed by atoms with Gasteiger partial charge in [-0.15, -0.1) is 10.2 Å². The van der Waals surface area contributed by atoms with Gasteiger partial charge in [-0.05, 0) is 37.6 Å². The fourth-order valence-corrected chi connectivity index (χ4v) is 3.58. The molecule has 2 aromatic carbocycles. The maximum Gasteiger partial charge on any atom is 0.251 e. The number of anilines is 1. The van der Waals surface area contributed by atoms with E-state index in [9.17, 15) is 9.59 Å². The van der Waals surface area contributed by atoms with E-state index in [0.29, 0.717) is 28.0 Å². The van der Waals surface area contributed by atoms with Crippen molar-refractivity contribution < 1.29 is 14.3 Å². The number of nitrogens with one attached hydrogen (secondary N) is 2. The van der Waals surface area contributed by atoms with Crippen LogP contribution in [0.1, 0.15) is 27.3 Å². The molecule has 0 radical (unpaired) electrons. The van der Waals surface area contributed by atoms with Gasteiger partial charge < -0.3 is 19.9 Å². The van der Waals surface area contributed by atoms with Crippen molar-refractivity contribution in [2.75, 3.05) is 18.2 Å². The van der Waals surface area contributed by atoms with Gasteiger partial charge in [-0.25, -0.2) is 0 Å². The first-order valence-electron chi connectivity index (χ1n) is 9.68. The molecule has 0 aliphatic heterocycles. The van der Waals surface area contributed by atoms with E-state index in [1.165, 1.54) is 11.8 Å². The highest BCUT2D eigenvalue weighted by Gasteiger charge is 2.14. The van der Waals surface area contributed by atoms with Crippen molar-refractivity contribution in [1.82, 2.24) is 20.1 Å². The first-order chi connectivity index (χ1) is 14.9. The third-order valence-corrected chi connectivity index (χ3v) is 5.68. The van der Waals surface area contributed by atoms with E-state index in [2.05, 4.69) is 20.8 Å². The van der Waals surface area contributed by atoms with Gasteiger partial charge in [0.15, 0.2) is 11.0 Å². The Hall–Kier alpha value is -3.33. The number of hydrogen-bond donors (Lipinski definition) is 2. The second-order valence-corrected chi connectivity index (χ2v) is 7.97. The molecule has 8 nitrogen and oxygen atoms in total. The molecule has 0 aliphatic rings. The van der Waals surface area contributed by atoms with Crippen molar-refractivity contribution >= 4 is 29.3 Å². The van der Waals surface area contributed by atoms with Gasteiger partial charge in [0.05, 0.1) is 19.4 Å². The number of carbonyl (C=O) groups is 2. The summed E-state index contributed by atoms with van der Waals surface area (Å²) in [4.78, 5) is 24.7. The summed E-state index contributed by atoms with van der Waals surface area (Å²) in [5, 5.41) is 14.6. The van der Waals surface area contributed by atoms with Gasteiger partial charge in [-0.3, -0.25) is 9.59 Å². The maximum absolute atomic E-state index is 12.4. The lowest BCUT2D eigenvalue weighted by atomic mass is 10.1. The average molecular weight is 440 g/mol. The lowest BCUT2D eigenvalue weighted by molar-refractivity contribution is -0.113. The molecule has 0 fully saturated rings. The van der Waals surface area contributed by atoms with Gasteiger partial charge in [0.1, 0.15) is 5.75 Å². The quantitative estimate of drug-likeness (QED) is 0.524. The van der Waals surface area contributed by atoms with Crippen LogP contribution >= 0.6 is 11.8 Å². The summed E-state index contributed by atoms with van der Waals surface area (Å²) < 4.78 is 6.97. The Bertz CT molecular complexity index is 1100. The first-order valence-corrected chi connectivity index (χ1v) is 10.7. The van der Waals surface area contributed by atoms with E-state index in [4.69, 9.17) is 4.74 Å². The average Bonchev–Trinajstić information content (AvgIpc) is 3.11. The van der Waals surface area contributed by atoms with Gasteiger partial charge >= 0.3 is 0 Å². The van der Waals surface area contributed by atoms with Crippen molar-refractivity contribution in [2.45, 2.75) is 25.5 Å². The molecule has 0 atom stereocenters. The van der Waals surface area contributed by atoms with Crippen LogP contribution in [-0.2, 0) is 18.4 Å². The summed E-state index contributed by atoms with van der Waals surface area (Å²) in [6, 6.07) is 12.9. The largest absolute Gasteiger partial charge is 0.497 e. The molecule has 0 bridgehead atoms. The summed E-state index contributed by atoms with van der Waals surface area (Å²) in [6.07, 6.45) is 0. The number of carbonyl (C=O) groups excluding carboxylic acids is 2. The van der Waals surface area contributed by atoms with E-state index >= 15 is 0 Å². The van der Waals surface area contributed by atoms with Gasteiger partial charge in [0.2, 0.25) is 5.91 Å². The van der Waals surface area contributed by atoms with E-state index < -0.39 is 0 Å². The predicted molar refractivity (Wildman–Crippen MR) is 120 cm³/mol. The molecule has 0 unspecified atom stereocenters. The Balaban J connectivity index is 1.54. The minimum atomic E-state index is -0.172. The van der Waals surface area contributed by atoms with Crippen LogP contribution < -0.4 is 15.4 Å². The Morgan fingerprint density at radius 3 is 2.68 bits per heavy atom. The number of aromatic nitrogens is 3. The number of thioether (sulfide) groups is 1. The minimum absolute atomic E-state index is 0.154. The van der Waals surface area contributed by atoms with Crippen molar-refractivity contribution in [1.29, 1.82) is 0 Å². The lowest BCUT2D eigenvalue weighted by Gasteiger charge is -2.10. The fraction of sp³-hybridized carbons (Fsp3) is 0.273. The van der Waals surface area contributed by atoms with Crippen molar-refractivity contribution in [3.63, 3.8) is 0 Å². The Kier molecular flexibility index (Phi) is 7.30. The Labute approximate surface area is 185 Å². The van der Waals surface area contributed by atoms with Gasteiger partial charge in [-0.2, -0.15) is 0 Å². The van der Waals surface area contributed by atoms with E-state index in [-0.39, 0.29) is 24.1 Å². The zero-order valence-electron chi connectivity index (χ0n) is 17.9. The maximum atomic E-state index is 12.4. The summed E-state index contributed by atoms with van der Waals surface area (Å²) in [5.41, 5.74) is 3.28. The number of hydrogen-bond acceptors (Lipinski definition) is 6. The van der Waals surface area contributed by atoms with Crippen LogP contribution in [0.4, 0.5) is 5.69 Å². The molecule has 0 saturated heterocycles. The summed E-state index contributed by atoms with van der Waals surface area (Å²) in [5.74, 6) is 1.14. The van der Waals surface area contributed by atoms with Crippen molar-refractivity contribution in [3.05, 3.63) is 65.0 Å². The molecule has 3 aromatic rings.